The minimum atomic E-state index is -0.605. The molecule has 0 N–H and O–H groups in total. The van der Waals surface area contributed by atoms with Crippen LogP contribution in [0.25, 0.3) is 0 Å². The van der Waals surface area contributed by atoms with Crippen LogP contribution in [0.5, 0.6) is 0 Å². The zero-order valence-electron chi connectivity index (χ0n) is 15.0. The maximum Gasteiger partial charge on any atom is 0.110 e. The number of hydrogen-bond donors (Lipinski definition) is 0. The maximum atomic E-state index is 10.4. The molecule has 1 fully saturated rings. The van der Waals surface area contributed by atoms with Crippen LogP contribution in [0.4, 0.5) is 0 Å². The Morgan fingerprint density at radius 3 is 2.12 bits per heavy atom. The average Bonchev–Trinajstić information content (AvgIpc) is 3.34. The number of nitriles is 1. The van der Waals surface area contributed by atoms with E-state index in [0.717, 1.165) is 36.2 Å². The van der Waals surface area contributed by atoms with Crippen LogP contribution in [-0.4, -0.2) is 9.55 Å². The minimum Gasteiger partial charge on any atom is -0.332 e. The van der Waals surface area contributed by atoms with E-state index in [1.54, 1.807) is 0 Å². The van der Waals surface area contributed by atoms with Crippen molar-refractivity contribution in [1.29, 1.82) is 5.26 Å². The molecule has 0 amide bonds. The molecule has 0 spiro atoms. The fraction of sp³-hybridized carbons (Fsp3) is 0.304. The third-order valence-corrected chi connectivity index (χ3v) is 5.91. The van der Waals surface area contributed by atoms with Crippen molar-refractivity contribution in [2.24, 2.45) is 5.92 Å². The van der Waals surface area contributed by atoms with Crippen LogP contribution in [0, 0.1) is 24.2 Å². The second-order valence-corrected chi connectivity index (χ2v) is 7.20. The molecule has 3 nitrogen and oxygen atoms in total. The monoisotopic (exact) mass is 341 g/mol. The number of imidazole rings is 1. The Kier molecular flexibility index (Phi) is 4.34. The van der Waals surface area contributed by atoms with Gasteiger partial charge in [-0.1, -0.05) is 60.7 Å². The van der Waals surface area contributed by atoms with Gasteiger partial charge in [0.2, 0.25) is 0 Å². The summed E-state index contributed by atoms with van der Waals surface area (Å²) >= 11 is 0. The van der Waals surface area contributed by atoms with Crippen LogP contribution < -0.4 is 0 Å². The molecule has 0 saturated heterocycles. The first-order chi connectivity index (χ1) is 12.8. The molecular formula is C23H23N3. The van der Waals surface area contributed by atoms with Crippen molar-refractivity contribution in [3.05, 3.63) is 90.0 Å². The Bertz CT molecular complexity index is 866. The Morgan fingerprint density at radius 1 is 1.00 bits per heavy atom. The van der Waals surface area contributed by atoms with E-state index in [4.69, 9.17) is 0 Å². The summed E-state index contributed by atoms with van der Waals surface area (Å²) in [6, 6.07) is 23.8. The van der Waals surface area contributed by atoms with Crippen LogP contribution in [-0.2, 0) is 5.41 Å². The summed E-state index contributed by atoms with van der Waals surface area (Å²) in [5.41, 5.74) is 1.59. The molecule has 1 aromatic heterocycles. The summed E-state index contributed by atoms with van der Waals surface area (Å²) in [4.78, 5) is 4.38. The summed E-state index contributed by atoms with van der Waals surface area (Å²) in [7, 11) is 0. The van der Waals surface area contributed by atoms with Gasteiger partial charge in [0.25, 0.3) is 0 Å². The van der Waals surface area contributed by atoms with Gasteiger partial charge >= 0.3 is 0 Å². The highest BCUT2D eigenvalue weighted by atomic mass is 15.1. The van der Waals surface area contributed by atoms with Crippen LogP contribution in [0.15, 0.2) is 73.1 Å². The van der Waals surface area contributed by atoms with E-state index >= 15 is 0 Å². The van der Waals surface area contributed by atoms with Gasteiger partial charge in [-0.15, -0.1) is 0 Å². The molecule has 3 aromatic rings. The number of benzene rings is 2. The van der Waals surface area contributed by atoms with Gasteiger partial charge in [-0.3, -0.25) is 0 Å². The van der Waals surface area contributed by atoms with Gasteiger partial charge in [-0.25, -0.2) is 4.98 Å². The lowest BCUT2D eigenvalue weighted by molar-refractivity contribution is 0.380. The molecule has 26 heavy (non-hydrogen) atoms. The molecule has 1 saturated carbocycles. The number of hydrogen-bond acceptors (Lipinski definition) is 2. The summed E-state index contributed by atoms with van der Waals surface area (Å²) < 4.78 is 2.28. The lowest BCUT2D eigenvalue weighted by atomic mass is 9.66. The highest BCUT2D eigenvalue weighted by Crippen LogP contribution is 2.49. The Labute approximate surface area is 154 Å². The lowest BCUT2D eigenvalue weighted by Gasteiger charge is -2.34. The fourth-order valence-corrected chi connectivity index (χ4v) is 4.64. The van der Waals surface area contributed by atoms with Crippen molar-refractivity contribution >= 4 is 0 Å². The van der Waals surface area contributed by atoms with Gasteiger partial charge in [-0.05, 0) is 43.2 Å². The molecule has 0 aliphatic heterocycles. The molecule has 0 bridgehead atoms. The highest BCUT2D eigenvalue weighted by Gasteiger charge is 2.46. The van der Waals surface area contributed by atoms with E-state index in [1.165, 1.54) is 0 Å². The summed E-state index contributed by atoms with van der Waals surface area (Å²) in [6.45, 7) is 2.05. The van der Waals surface area contributed by atoms with Gasteiger partial charge in [0.15, 0.2) is 0 Å². The first-order valence-corrected chi connectivity index (χ1v) is 9.27. The summed E-state index contributed by atoms with van der Waals surface area (Å²) in [5, 5.41) is 10.4. The van der Waals surface area contributed by atoms with E-state index in [9.17, 15) is 5.26 Å². The van der Waals surface area contributed by atoms with Crippen molar-refractivity contribution in [1.82, 2.24) is 9.55 Å². The van der Waals surface area contributed by atoms with Crippen molar-refractivity contribution in [3.8, 4) is 6.07 Å². The molecular weight excluding hydrogens is 318 g/mol. The molecule has 1 aliphatic rings. The third kappa shape index (κ3) is 2.63. The van der Waals surface area contributed by atoms with Crippen LogP contribution in [0.2, 0.25) is 0 Å². The molecule has 2 aromatic carbocycles. The van der Waals surface area contributed by atoms with Crippen molar-refractivity contribution in [2.45, 2.75) is 37.6 Å². The van der Waals surface area contributed by atoms with Gasteiger partial charge in [0.1, 0.15) is 11.2 Å². The molecule has 0 unspecified atom stereocenters. The number of aryl methyl sites for hydroxylation is 1. The van der Waals surface area contributed by atoms with Crippen LogP contribution >= 0.6 is 0 Å². The molecule has 2 atom stereocenters. The van der Waals surface area contributed by atoms with Crippen LogP contribution in [0.3, 0.4) is 0 Å². The maximum absolute atomic E-state index is 10.4. The summed E-state index contributed by atoms with van der Waals surface area (Å²) in [6.07, 6.45) is 7.06. The number of aromatic nitrogens is 2. The first-order valence-electron chi connectivity index (χ1n) is 9.27. The number of rotatable bonds is 4. The Hall–Kier alpha value is -2.86. The van der Waals surface area contributed by atoms with Gasteiger partial charge in [0, 0.05) is 18.4 Å². The normalized spacial score (nSPS) is 20.0. The zero-order chi connectivity index (χ0) is 18.0. The topological polar surface area (TPSA) is 41.6 Å². The van der Waals surface area contributed by atoms with Crippen molar-refractivity contribution in [2.75, 3.05) is 0 Å². The molecule has 0 radical (unpaired) electrons. The van der Waals surface area contributed by atoms with Gasteiger partial charge in [-0.2, -0.15) is 5.26 Å². The molecule has 4 rings (SSSR count). The highest BCUT2D eigenvalue weighted by molar-refractivity contribution is 5.47. The Balaban J connectivity index is 1.78. The standard InChI is InChI=1S/C23H23N3/c1-18-25-14-15-26(18)22-13-12-21(16-22)23(17-24,19-8-4-2-5-9-19)20-10-6-3-7-11-20/h2-11,14-15,21-22H,12-13,16H2,1H3/t21-,22-/m1/s1. The van der Waals surface area contributed by atoms with Gasteiger partial charge in [0.05, 0.1) is 6.07 Å². The molecule has 1 aliphatic carbocycles. The average molecular weight is 341 g/mol. The minimum absolute atomic E-state index is 0.282. The lowest BCUT2D eigenvalue weighted by Crippen LogP contribution is -2.34. The molecule has 1 heterocycles. The SMILES string of the molecule is Cc1nccn1[C@@H]1CC[C@@H](C(C#N)(c2ccccc2)c2ccccc2)C1. The fourth-order valence-electron chi connectivity index (χ4n) is 4.64. The van der Waals surface area contributed by atoms with E-state index in [1.807, 2.05) is 42.6 Å². The van der Waals surface area contributed by atoms with E-state index < -0.39 is 5.41 Å². The first kappa shape index (κ1) is 16.6. The van der Waals surface area contributed by atoms with Crippen molar-refractivity contribution in [3.63, 3.8) is 0 Å². The molecule has 130 valence electrons. The molecule has 3 heteroatoms. The number of nitrogens with zero attached hydrogens (tertiary/aromatic N) is 3. The second kappa shape index (κ2) is 6.80. The van der Waals surface area contributed by atoms with E-state index in [0.29, 0.717) is 6.04 Å². The van der Waals surface area contributed by atoms with Crippen molar-refractivity contribution < 1.29 is 0 Å². The van der Waals surface area contributed by atoms with Crippen LogP contribution in [0.1, 0.15) is 42.3 Å². The van der Waals surface area contributed by atoms with E-state index in [-0.39, 0.29) is 5.92 Å². The third-order valence-electron chi connectivity index (χ3n) is 5.91. The predicted molar refractivity (Wildman–Crippen MR) is 103 cm³/mol. The quantitative estimate of drug-likeness (QED) is 0.667. The second-order valence-electron chi connectivity index (χ2n) is 7.20. The smallest absolute Gasteiger partial charge is 0.110 e. The van der Waals surface area contributed by atoms with Gasteiger partial charge < -0.3 is 4.57 Å². The largest absolute Gasteiger partial charge is 0.332 e. The van der Waals surface area contributed by atoms with E-state index in [2.05, 4.69) is 53.0 Å². The predicted octanol–water partition coefficient (Wildman–Crippen LogP) is 5.04. The summed E-state index contributed by atoms with van der Waals surface area (Å²) in [5.74, 6) is 1.33. The Morgan fingerprint density at radius 2 is 1.62 bits per heavy atom. The zero-order valence-corrected chi connectivity index (χ0v) is 15.0.